The van der Waals surface area contributed by atoms with Crippen LogP contribution in [0.2, 0.25) is 0 Å². The highest BCUT2D eigenvalue weighted by molar-refractivity contribution is 5.90. The van der Waals surface area contributed by atoms with E-state index in [-0.39, 0.29) is 23.3 Å². The van der Waals surface area contributed by atoms with Gasteiger partial charge in [0.15, 0.2) is 0 Å². The first-order valence-corrected chi connectivity index (χ1v) is 9.56. The van der Waals surface area contributed by atoms with Gasteiger partial charge in [0.2, 0.25) is 0 Å². The monoisotopic (exact) mass is 362 g/mol. The Hall–Kier alpha value is -1.62. The van der Waals surface area contributed by atoms with Gasteiger partial charge in [0.05, 0.1) is 13.2 Å². The summed E-state index contributed by atoms with van der Waals surface area (Å²) < 4.78 is 10.0. The van der Waals surface area contributed by atoms with E-state index >= 15 is 0 Å². The average Bonchev–Trinajstić information content (AvgIpc) is 3.03. The minimum Gasteiger partial charge on any atom is -0.466 e. The minimum atomic E-state index is -0.594. The Morgan fingerprint density at radius 3 is 2.77 bits per heavy atom. The number of cyclic esters (lactones) is 1. The van der Waals surface area contributed by atoms with E-state index in [2.05, 4.69) is 13.8 Å². The number of aliphatic hydroxyl groups excluding tert-OH is 1. The predicted octanol–water partition coefficient (Wildman–Crippen LogP) is 3.17. The van der Waals surface area contributed by atoms with Gasteiger partial charge in [-0.2, -0.15) is 0 Å². The molecule has 0 aromatic carbocycles. The lowest BCUT2D eigenvalue weighted by molar-refractivity contribution is -0.151. The van der Waals surface area contributed by atoms with Crippen LogP contribution < -0.4 is 0 Å². The second-order valence-electron chi connectivity index (χ2n) is 8.59. The molecule has 0 radical (unpaired) electrons. The van der Waals surface area contributed by atoms with Crippen LogP contribution in [-0.4, -0.2) is 36.9 Å². The normalized spacial score (nSPS) is 39.6. The summed E-state index contributed by atoms with van der Waals surface area (Å²) in [6.07, 6.45) is 7.15. The highest BCUT2D eigenvalue weighted by atomic mass is 16.5. The van der Waals surface area contributed by atoms with Gasteiger partial charge < -0.3 is 14.6 Å². The van der Waals surface area contributed by atoms with Crippen molar-refractivity contribution in [3.63, 3.8) is 0 Å². The Balaban J connectivity index is 1.91. The van der Waals surface area contributed by atoms with Gasteiger partial charge >= 0.3 is 11.9 Å². The van der Waals surface area contributed by atoms with Gasteiger partial charge in [0.25, 0.3) is 0 Å². The summed E-state index contributed by atoms with van der Waals surface area (Å²) in [5, 5.41) is 11.0. The van der Waals surface area contributed by atoms with Crippen molar-refractivity contribution in [2.24, 2.45) is 22.7 Å². The number of ether oxygens (including phenoxy) is 2. The van der Waals surface area contributed by atoms with Gasteiger partial charge in [-0.1, -0.05) is 26.8 Å². The van der Waals surface area contributed by atoms with Gasteiger partial charge in [-0.25, -0.2) is 9.59 Å². The molecule has 0 aromatic rings. The topological polar surface area (TPSA) is 72.8 Å². The summed E-state index contributed by atoms with van der Waals surface area (Å²) in [5.74, 6) is -0.0704. The summed E-state index contributed by atoms with van der Waals surface area (Å²) in [5.41, 5.74) is 1.04. The summed E-state index contributed by atoms with van der Waals surface area (Å²) in [6, 6.07) is 0. The Labute approximate surface area is 155 Å². The molecule has 144 valence electrons. The number of fused-ring (bicyclic) bond motifs is 1. The minimum absolute atomic E-state index is 0.0337. The first kappa shape index (κ1) is 19.2. The second-order valence-corrected chi connectivity index (χ2v) is 8.59. The standard InChI is InChI=1S/C21H30O5/c1-13-10-17(22)21(3)15(19(24)25-4)6-5-7-16(21)20(13,2)9-8-14-11-18(23)26-12-14/h6,11,13,16-17,22H,5,7-10,12H2,1-4H3/t13-,16-,17+,20+,21+/m1/s1. The summed E-state index contributed by atoms with van der Waals surface area (Å²) in [6.45, 7) is 6.89. The molecular formula is C21H30O5. The second kappa shape index (κ2) is 6.84. The number of rotatable bonds is 4. The molecule has 1 saturated carbocycles. The van der Waals surface area contributed by atoms with E-state index in [9.17, 15) is 14.7 Å². The van der Waals surface area contributed by atoms with Crippen molar-refractivity contribution in [1.82, 2.24) is 0 Å². The van der Waals surface area contributed by atoms with Gasteiger partial charge in [-0.3, -0.25) is 0 Å². The number of hydrogen-bond acceptors (Lipinski definition) is 5. The summed E-state index contributed by atoms with van der Waals surface area (Å²) >= 11 is 0. The van der Waals surface area contributed by atoms with E-state index in [1.807, 2.05) is 13.0 Å². The zero-order valence-corrected chi connectivity index (χ0v) is 16.2. The zero-order chi connectivity index (χ0) is 19.1. The summed E-state index contributed by atoms with van der Waals surface area (Å²) in [4.78, 5) is 23.7. The molecule has 3 rings (SSSR count). The number of hydrogen-bond donors (Lipinski definition) is 1. The maximum Gasteiger partial charge on any atom is 0.334 e. The lowest BCUT2D eigenvalue weighted by Crippen LogP contribution is -2.57. The van der Waals surface area contributed by atoms with Crippen LogP contribution in [0.5, 0.6) is 0 Å². The van der Waals surface area contributed by atoms with Crippen LogP contribution in [0.4, 0.5) is 0 Å². The summed E-state index contributed by atoms with van der Waals surface area (Å²) in [7, 11) is 1.40. The molecule has 0 amide bonds. The molecule has 5 heteroatoms. The fraction of sp³-hybridized carbons (Fsp3) is 0.714. The van der Waals surface area contributed by atoms with Crippen LogP contribution >= 0.6 is 0 Å². The van der Waals surface area contributed by atoms with E-state index < -0.39 is 11.5 Å². The van der Waals surface area contributed by atoms with Crippen molar-refractivity contribution in [2.45, 2.75) is 59.0 Å². The van der Waals surface area contributed by atoms with Crippen LogP contribution in [0.15, 0.2) is 23.3 Å². The van der Waals surface area contributed by atoms with Gasteiger partial charge in [0.1, 0.15) is 6.61 Å². The lowest BCUT2D eigenvalue weighted by Gasteiger charge is -2.59. The third kappa shape index (κ3) is 2.90. The fourth-order valence-electron chi connectivity index (χ4n) is 5.54. The molecule has 1 aliphatic heterocycles. The van der Waals surface area contributed by atoms with Crippen LogP contribution in [0.1, 0.15) is 52.9 Å². The van der Waals surface area contributed by atoms with Crippen LogP contribution in [0.3, 0.4) is 0 Å². The molecule has 26 heavy (non-hydrogen) atoms. The molecule has 0 saturated heterocycles. The molecule has 1 heterocycles. The Morgan fingerprint density at radius 2 is 2.15 bits per heavy atom. The Bertz CT molecular complexity index is 663. The molecule has 0 unspecified atom stereocenters. The molecular weight excluding hydrogens is 332 g/mol. The van der Waals surface area contributed by atoms with Crippen molar-refractivity contribution in [3.8, 4) is 0 Å². The third-order valence-corrected chi connectivity index (χ3v) is 7.41. The van der Waals surface area contributed by atoms with Crippen LogP contribution in [0.25, 0.3) is 0 Å². The van der Waals surface area contributed by atoms with Crippen LogP contribution in [-0.2, 0) is 19.1 Å². The maximum absolute atomic E-state index is 12.4. The molecule has 1 N–H and O–H groups in total. The van der Waals surface area contributed by atoms with Gasteiger partial charge in [0, 0.05) is 17.1 Å². The molecule has 0 aromatic heterocycles. The molecule has 1 fully saturated rings. The smallest absolute Gasteiger partial charge is 0.334 e. The average molecular weight is 362 g/mol. The van der Waals surface area contributed by atoms with Gasteiger partial charge in [-0.15, -0.1) is 0 Å². The molecule has 0 spiro atoms. The quantitative estimate of drug-likeness (QED) is 0.778. The Kier molecular flexibility index (Phi) is 5.04. The number of methoxy groups -OCH3 is 1. The van der Waals surface area contributed by atoms with E-state index in [0.717, 1.165) is 31.3 Å². The third-order valence-electron chi connectivity index (χ3n) is 7.41. The molecule has 3 aliphatic rings. The van der Waals surface area contributed by atoms with Gasteiger partial charge in [-0.05, 0) is 54.9 Å². The fourth-order valence-corrected chi connectivity index (χ4v) is 5.54. The number of allylic oxidation sites excluding steroid dienone is 1. The first-order valence-electron chi connectivity index (χ1n) is 9.56. The molecule has 2 aliphatic carbocycles. The molecule has 5 nitrogen and oxygen atoms in total. The number of aliphatic hydroxyl groups is 1. The van der Waals surface area contributed by atoms with E-state index in [1.54, 1.807) is 6.08 Å². The zero-order valence-electron chi connectivity index (χ0n) is 16.2. The maximum atomic E-state index is 12.4. The van der Waals surface area contributed by atoms with E-state index in [0.29, 0.717) is 24.5 Å². The molecule has 0 bridgehead atoms. The Morgan fingerprint density at radius 1 is 1.42 bits per heavy atom. The van der Waals surface area contributed by atoms with Crippen LogP contribution in [0, 0.1) is 22.7 Å². The number of carbonyl (C=O) groups is 2. The van der Waals surface area contributed by atoms with Crippen molar-refractivity contribution in [3.05, 3.63) is 23.3 Å². The number of esters is 2. The van der Waals surface area contributed by atoms with Crippen molar-refractivity contribution in [2.75, 3.05) is 13.7 Å². The van der Waals surface area contributed by atoms with E-state index in [4.69, 9.17) is 9.47 Å². The largest absolute Gasteiger partial charge is 0.466 e. The van der Waals surface area contributed by atoms with Crippen molar-refractivity contribution < 1.29 is 24.2 Å². The predicted molar refractivity (Wildman–Crippen MR) is 97.1 cm³/mol. The van der Waals surface area contributed by atoms with E-state index in [1.165, 1.54) is 7.11 Å². The molecule has 5 atom stereocenters. The number of carbonyl (C=O) groups excluding carboxylic acids is 2. The lowest BCUT2D eigenvalue weighted by atomic mass is 9.45. The van der Waals surface area contributed by atoms with Crippen molar-refractivity contribution >= 4 is 11.9 Å². The van der Waals surface area contributed by atoms with Crippen molar-refractivity contribution in [1.29, 1.82) is 0 Å². The SMILES string of the molecule is COC(=O)C1=CCC[C@@H]2[C@@](C)(CCC3=CC(=O)OC3)[C@H](C)C[C@H](O)[C@@]12C. The first-order chi connectivity index (χ1) is 12.2. The highest BCUT2D eigenvalue weighted by Gasteiger charge is 2.59. The highest BCUT2D eigenvalue weighted by Crippen LogP contribution is 2.62.